The van der Waals surface area contributed by atoms with E-state index in [1.807, 2.05) is 42.5 Å². The number of nitrogens with one attached hydrogen (secondary N) is 1. The molecule has 0 saturated carbocycles. The Kier molecular flexibility index (Phi) is 4.53. The Balaban J connectivity index is 2.18. The molecule has 0 atom stereocenters. The lowest BCUT2D eigenvalue weighted by Gasteiger charge is -2.12. The van der Waals surface area contributed by atoms with E-state index in [4.69, 9.17) is 15.7 Å². The number of carbonyl (C=O) groups is 1. The normalized spacial score (nSPS) is 10.0. The van der Waals surface area contributed by atoms with E-state index in [1.54, 1.807) is 0 Å². The summed E-state index contributed by atoms with van der Waals surface area (Å²) in [4.78, 5) is 11.4. The first-order chi connectivity index (χ1) is 9.76. The highest BCUT2D eigenvalue weighted by molar-refractivity contribution is 5.88. The van der Waals surface area contributed by atoms with Crippen LogP contribution in [0.5, 0.6) is 5.75 Å². The topological polar surface area (TPSA) is 88.1 Å². The minimum Gasteiger partial charge on any atom is -0.483 e. The second kappa shape index (κ2) is 6.55. The summed E-state index contributed by atoms with van der Waals surface area (Å²) in [5.41, 5.74) is 6.65. The Morgan fingerprint density at radius 3 is 2.85 bits per heavy atom. The third-order valence-electron chi connectivity index (χ3n) is 2.93. The number of hydrogen-bond acceptors (Lipinski definition) is 4. The molecule has 102 valence electrons. The average molecular weight is 269 g/mol. The van der Waals surface area contributed by atoms with Crippen molar-refractivity contribution in [2.75, 3.05) is 13.2 Å². The molecule has 0 aliphatic rings. The lowest BCUT2D eigenvalue weighted by Crippen LogP contribution is -2.29. The van der Waals surface area contributed by atoms with E-state index in [0.29, 0.717) is 12.3 Å². The first-order valence-electron chi connectivity index (χ1n) is 6.23. The van der Waals surface area contributed by atoms with Gasteiger partial charge in [-0.2, -0.15) is 5.26 Å². The molecule has 20 heavy (non-hydrogen) atoms. The van der Waals surface area contributed by atoms with Crippen LogP contribution in [0.25, 0.3) is 10.8 Å². The minimum absolute atomic E-state index is 0.0241. The number of nitriles is 1. The number of carbonyl (C=O) groups excluding carboxylic acids is 1. The molecule has 1 amide bonds. The molecule has 3 N–H and O–H groups in total. The average Bonchev–Trinajstić information content (AvgIpc) is 2.50. The fraction of sp³-hybridized carbons (Fsp3) is 0.200. The van der Waals surface area contributed by atoms with Crippen molar-refractivity contribution in [1.82, 2.24) is 5.32 Å². The van der Waals surface area contributed by atoms with Crippen LogP contribution in [0, 0.1) is 11.3 Å². The first-order valence-corrected chi connectivity index (χ1v) is 6.23. The first kappa shape index (κ1) is 13.8. The van der Waals surface area contributed by atoms with Crippen LogP contribution in [0.2, 0.25) is 0 Å². The molecular weight excluding hydrogens is 254 g/mol. The van der Waals surface area contributed by atoms with Crippen LogP contribution in [-0.4, -0.2) is 19.1 Å². The van der Waals surface area contributed by atoms with E-state index in [2.05, 4.69) is 5.32 Å². The molecule has 0 aliphatic heterocycles. The number of nitrogens with zero attached hydrogens (tertiary/aromatic N) is 1. The summed E-state index contributed by atoms with van der Waals surface area (Å²) in [6.45, 7) is 0.174. The van der Waals surface area contributed by atoms with Crippen molar-refractivity contribution in [3.63, 3.8) is 0 Å². The van der Waals surface area contributed by atoms with Gasteiger partial charge in [0.1, 0.15) is 12.3 Å². The summed E-state index contributed by atoms with van der Waals surface area (Å²) >= 11 is 0. The fourth-order valence-corrected chi connectivity index (χ4v) is 1.99. The van der Waals surface area contributed by atoms with Crippen molar-refractivity contribution in [3.05, 3.63) is 42.0 Å². The standard InChI is InChI=1S/C15H15N3O2/c16-7-8-18-15(19)10-20-14-6-5-11-3-1-2-4-12(11)13(14)9-17/h1-6H,8-10,17H2,(H,18,19). The van der Waals surface area contributed by atoms with Crippen molar-refractivity contribution in [2.45, 2.75) is 6.54 Å². The van der Waals surface area contributed by atoms with Gasteiger partial charge in [-0.05, 0) is 16.8 Å². The molecule has 0 bridgehead atoms. The molecule has 2 aromatic carbocycles. The molecule has 0 saturated heterocycles. The van der Waals surface area contributed by atoms with Gasteiger partial charge in [-0.3, -0.25) is 4.79 Å². The highest BCUT2D eigenvalue weighted by Gasteiger charge is 2.09. The second-order valence-corrected chi connectivity index (χ2v) is 4.19. The maximum Gasteiger partial charge on any atom is 0.258 e. The second-order valence-electron chi connectivity index (χ2n) is 4.19. The summed E-state index contributed by atoms with van der Waals surface area (Å²) < 4.78 is 5.49. The van der Waals surface area contributed by atoms with Crippen molar-refractivity contribution < 1.29 is 9.53 Å². The number of amides is 1. The maximum absolute atomic E-state index is 11.4. The zero-order valence-electron chi connectivity index (χ0n) is 10.9. The molecule has 0 aromatic heterocycles. The van der Waals surface area contributed by atoms with Crippen molar-refractivity contribution in [3.8, 4) is 11.8 Å². The molecule has 0 aliphatic carbocycles. The van der Waals surface area contributed by atoms with Crippen molar-refractivity contribution in [1.29, 1.82) is 5.26 Å². The summed E-state index contributed by atoms with van der Waals surface area (Å²) in [7, 11) is 0. The van der Waals surface area contributed by atoms with Gasteiger partial charge in [-0.1, -0.05) is 30.3 Å². The van der Waals surface area contributed by atoms with Crippen LogP contribution in [0.15, 0.2) is 36.4 Å². The summed E-state index contributed by atoms with van der Waals surface area (Å²) in [5, 5.41) is 12.9. The minimum atomic E-state index is -0.331. The van der Waals surface area contributed by atoms with E-state index in [1.165, 1.54) is 0 Å². The molecule has 2 rings (SSSR count). The fourth-order valence-electron chi connectivity index (χ4n) is 1.99. The SMILES string of the molecule is N#CCNC(=O)COc1ccc2ccccc2c1CN. The molecule has 5 nitrogen and oxygen atoms in total. The molecule has 0 unspecified atom stereocenters. The van der Waals surface area contributed by atoms with Gasteiger partial charge in [0.25, 0.3) is 5.91 Å². The van der Waals surface area contributed by atoms with Gasteiger partial charge in [0.2, 0.25) is 0 Å². The smallest absolute Gasteiger partial charge is 0.258 e. The molecule has 0 heterocycles. The van der Waals surface area contributed by atoms with E-state index in [0.717, 1.165) is 16.3 Å². The zero-order valence-corrected chi connectivity index (χ0v) is 10.9. The summed E-state index contributed by atoms with van der Waals surface area (Å²) in [6.07, 6.45) is 0. The summed E-state index contributed by atoms with van der Waals surface area (Å²) in [5.74, 6) is 0.265. The number of nitrogens with two attached hydrogens (primary N) is 1. The van der Waals surface area contributed by atoms with E-state index < -0.39 is 0 Å². The van der Waals surface area contributed by atoms with Gasteiger partial charge >= 0.3 is 0 Å². The van der Waals surface area contributed by atoms with Gasteiger partial charge in [0.15, 0.2) is 6.61 Å². The zero-order chi connectivity index (χ0) is 14.4. The third-order valence-corrected chi connectivity index (χ3v) is 2.93. The van der Waals surface area contributed by atoms with E-state index in [-0.39, 0.29) is 19.1 Å². The molecule has 2 aromatic rings. The van der Waals surface area contributed by atoms with Gasteiger partial charge < -0.3 is 15.8 Å². The molecule has 0 radical (unpaired) electrons. The Hall–Kier alpha value is -2.58. The van der Waals surface area contributed by atoms with Crippen LogP contribution in [-0.2, 0) is 11.3 Å². The number of fused-ring (bicyclic) bond motifs is 1. The van der Waals surface area contributed by atoms with Gasteiger partial charge in [0, 0.05) is 12.1 Å². The number of hydrogen-bond donors (Lipinski definition) is 2. The Morgan fingerprint density at radius 1 is 1.30 bits per heavy atom. The Morgan fingerprint density at radius 2 is 2.10 bits per heavy atom. The predicted molar refractivity (Wildman–Crippen MR) is 76.0 cm³/mol. The Labute approximate surface area is 116 Å². The maximum atomic E-state index is 11.4. The molecule has 5 heteroatoms. The predicted octanol–water partition coefficient (Wildman–Crippen LogP) is 1.32. The molecule has 0 spiro atoms. The number of ether oxygens (including phenoxy) is 1. The molecule has 0 fully saturated rings. The highest BCUT2D eigenvalue weighted by Crippen LogP contribution is 2.27. The monoisotopic (exact) mass is 269 g/mol. The van der Waals surface area contributed by atoms with Gasteiger partial charge in [-0.15, -0.1) is 0 Å². The lowest BCUT2D eigenvalue weighted by atomic mass is 10.0. The Bertz CT molecular complexity index is 662. The molecular formula is C15H15N3O2. The van der Waals surface area contributed by atoms with Crippen LogP contribution in [0.1, 0.15) is 5.56 Å². The van der Waals surface area contributed by atoms with Crippen LogP contribution < -0.4 is 15.8 Å². The van der Waals surface area contributed by atoms with Gasteiger partial charge in [0.05, 0.1) is 6.07 Å². The summed E-state index contributed by atoms with van der Waals surface area (Å²) in [6, 6.07) is 13.4. The lowest BCUT2D eigenvalue weighted by molar-refractivity contribution is -0.122. The largest absolute Gasteiger partial charge is 0.483 e. The van der Waals surface area contributed by atoms with Gasteiger partial charge in [-0.25, -0.2) is 0 Å². The van der Waals surface area contributed by atoms with Crippen LogP contribution >= 0.6 is 0 Å². The van der Waals surface area contributed by atoms with E-state index in [9.17, 15) is 4.79 Å². The van der Waals surface area contributed by atoms with Crippen LogP contribution in [0.3, 0.4) is 0 Å². The van der Waals surface area contributed by atoms with Crippen molar-refractivity contribution in [2.24, 2.45) is 5.73 Å². The number of benzene rings is 2. The quantitative estimate of drug-likeness (QED) is 0.801. The highest BCUT2D eigenvalue weighted by atomic mass is 16.5. The van der Waals surface area contributed by atoms with Crippen molar-refractivity contribution >= 4 is 16.7 Å². The number of rotatable bonds is 5. The van der Waals surface area contributed by atoms with Crippen LogP contribution in [0.4, 0.5) is 0 Å². The van der Waals surface area contributed by atoms with E-state index >= 15 is 0 Å². The third kappa shape index (κ3) is 3.05.